The van der Waals surface area contributed by atoms with Gasteiger partial charge < -0.3 is 4.52 Å². The predicted molar refractivity (Wildman–Crippen MR) is 86.0 cm³/mol. The highest BCUT2D eigenvalue weighted by Gasteiger charge is 2.13. The van der Waals surface area contributed by atoms with Gasteiger partial charge in [-0.25, -0.2) is 9.48 Å². The molecule has 0 aliphatic heterocycles. The van der Waals surface area contributed by atoms with Crippen LogP contribution in [0.1, 0.15) is 5.89 Å². The van der Waals surface area contributed by atoms with Crippen LogP contribution in [0.2, 0.25) is 0 Å². The smallest absolute Gasteiger partial charge is 0.337 e. The fourth-order valence-electron chi connectivity index (χ4n) is 2.26. The molecular formula is C15H10BrN5O2. The average molecular weight is 372 g/mol. The third kappa shape index (κ3) is 2.57. The summed E-state index contributed by atoms with van der Waals surface area (Å²) in [7, 11) is 0. The molecule has 0 amide bonds. The number of nitrogens with zero attached hydrogens (tertiary/aromatic N) is 5. The van der Waals surface area contributed by atoms with Crippen molar-refractivity contribution in [2.45, 2.75) is 6.54 Å². The molecule has 0 N–H and O–H groups in total. The molecule has 0 fully saturated rings. The van der Waals surface area contributed by atoms with Gasteiger partial charge in [0.05, 0.1) is 0 Å². The first-order valence-corrected chi connectivity index (χ1v) is 7.63. The highest BCUT2D eigenvalue weighted by Crippen LogP contribution is 2.20. The molecule has 0 radical (unpaired) electrons. The van der Waals surface area contributed by atoms with Crippen molar-refractivity contribution < 1.29 is 4.52 Å². The van der Waals surface area contributed by atoms with E-state index in [0.29, 0.717) is 17.4 Å². The van der Waals surface area contributed by atoms with Crippen LogP contribution in [0.4, 0.5) is 0 Å². The van der Waals surface area contributed by atoms with Gasteiger partial charge in [-0.2, -0.15) is 4.98 Å². The molecule has 3 aromatic heterocycles. The van der Waals surface area contributed by atoms with Gasteiger partial charge in [0.25, 0.3) is 0 Å². The Hall–Kier alpha value is -2.74. The van der Waals surface area contributed by atoms with Crippen LogP contribution in [-0.2, 0) is 6.54 Å². The Labute approximate surface area is 138 Å². The zero-order valence-electron chi connectivity index (χ0n) is 11.8. The lowest BCUT2D eigenvalue weighted by Crippen LogP contribution is -2.21. The fraction of sp³-hybridized carbons (Fsp3) is 0.0667. The van der Waals surface area contributed by atoms with Crippen molar-refractivity contribution in [1.29, 1.82) is 0 Å². The van der Waals surface area contributed by atoms with Gasteiger partial charge in [-0.3, -0.25) is 4.40 Å². The maximum Gasteiger partial charge on any atom is 0.350 e. The van der Waals surface area contributed by atoms with E-state index in [1.165, 1.54) is 9.08 Å². The Morgan fingerprint density at radius 2 is 2.09 bits per heavy atom. The zero-order chi connectivity index (χ0) is 15.8. The first-order chi connectivity index (χ1) is 11.2. The molecule has 7 nitrogen and oxygen atoms in total. The number of aromatic nitrogens is 5. The highest BCUT2D eigenvalue weighted by molar-refractivity contribution is 9.10. The topological polar surface area (TPSA) is 78.2 Å². The summed E-state index contributed by atoms with van der Waals surface area (Å²) >= 11 is 3.40. The second kappa shape index (κ2) is 5.47. The molecular weight excluding hydrogens is 362 g/mol. The van der Waals surface area contributed by atoms with E-state index in [-0.39, 0.29) is 12.2 Å². The monoisotopic (exact) mass is 371 g/mol. The quantitative estimate of drug-likeness (QED) is 0.552. The lowest BCUT2D eigenvalue weighted by molar-refractivity contribution is 0.364. The molecule has 4 rings (SSSR count). The summed E-state index contributed by atoms with van der Waals surface area (Å²) in [5, 5.41) is 8.19. The van der Waals surface area contributed by atoms with Gasteiger partial charge in [0.1, 0.15) is 6.54 Å². The number of hydrogen-bond donors (Lipinski definition) is 0. The van der Waals surface area contributed by atoms with Gasteiger partial charge >= 0.3 is 5.69 Å². The lowest BCUT2D eigenvalue weighted by atomic mass is 10.2. The van der Waals surface area contributed by atoms with Gasteiger partial charge in [0.2, 0.25) is 11.7 Å². The molecule has 0 bridgehead atoms. The summed E-state index contributed by atoms with van der Waals surface area (Å²) in [5.41, 5.74) is 1.16. The summed E-state index contributed by atoms with van der Waals surface area (Å²) < 4.78 is 8.92. The number of pyridine rings is 1. The van der Waals surface area contributed by atoms with E-state index in [1.807, 2.05) is 30.3 Å². The maximum absolute atomic E-state index is 12.2. The van der Waals surface area contributed by atoms with Crippen LogP contribution in [0, 0.1) is 0 Å². The molecule has 4 aromatic rings. The van der Waals surface area contributed by atoms with Crippen molar-refractivity contribution in [1.82, 2.24) is 24.3 Å². The largest absolute Gasteiger partial charge is 0.350 e. The normalized spacial score (nSPS) is 11.2. The second-order valence-corrected chi connectivity index (χ2v) is 5.81. The van der Waals surface area contributed by atoms with E-state index in [9.17, 15) is 4.79 Å². The van der Waals surface area contributed by atoms with E-state index < -0.39 is 0 Å². The number of rotatable bonds is 3. The van der Waals surface area contributed by atoms with Crippen LogP contribution in [0.25, 0.3) is 17.0 Å². The van der Waals surface area contributed by atoms with Crippen molar-refractivity contribution >= 4 is 21.6 Å². The molecule has 0 unspecified atom stereocenters. The van der Waals surface area contributed by atoms with E-state index in [1.54, 1.807) is 18.3 Å². The average Bonchev–Trinajstić information content (AvgIpc) is 3.14. The van der Waals surface area contributed by atoms with Crippen LogP contribution >= 0.6 is 15.9 Å². The zero-order valence-corrected chi connectivity index (χ0v) is 13.3. The standard InChI is InChI=1S/C15H10BrN5O2/c16-11-5-3-4-10(8-11)14-17-13(23-19-14)9-21-15(22)20-7-2-1-6-12(20)18-21/h1-8H,9H2. The minimum Gasteiger partial charge on any atom is -0.337 e. The summed E-state index contributed by atoms with van der Waals surface area (Å²) in [5.74, 6) is 0.795. The minimum absolute atomic E-state index is 0.127. The van der Waals surface area contributed by atoms with Crippen molar-refractivity contribution in [3.8, 4) is 11.4 Å². The summed E-state index contributed by atoms with van der Waals surface area (Å²) in [6, 6.07) is 13.0. The van der Waals surface area contributed by atoms with Crippen LogP contribution in [0.5, 0.6) is 0 Å². The predicted octanol–water partition coefficient (Wildman–Crippen LogP) is 2.36. The van der Waals surface area contributed by atoms with Crippen molar-refractivity contribution in [2.75, 3.05) is 0 Å². The molecule has 0 aliphatic rings. The first kappa shape index (κ1) is 13.9. The summed E-state index contributed by atoms with van der Waals surface area (Å²) in [6.07, 6.45) is 1.67. The van der Waals surface area contributed by atoms with Gasteiger partial charge in [-0.05, 0) is 24.3 Å². The van der Waals surface area contributed by atoms with Crippen molar-refractivity contribution in [2.24, 2.45) is 0 Å². The van der Waals surface area contributed by atoms with Gasteiger partial charge in [0, 0.05) is 16.2 Å². The van der Waals surface area contributed by atoms with Crippen molar-refractivity contribution in [3.05, 3.63) is 69.5 Å². The van der Waals surface area contributed by atoms with E-state index >= 15 is 0 Å². The number of benzene rings is 1. The number of halogens is 1. The highest BCUT2D eigenvalue weighted by atomic mass is 79.9. The molecule has 0 atom stereocenters. The van der Waals surface area contributed by atoms with Gasteiger partial charge in [-0.15, -0.1) is 5.10 Å². The van der Waals surface area contributed by atoms with E-state index in [4.69, 9.17) is 4.52 Å². The lowest BCUT2D eigenvalue weighted by Gasteiger charge is -1.94. The first-order valence-electron chi connectivity index (χ1n) is 6.83. The molecule has 0 saturated heterocycles. The molecule has 8 heteroatoms. The molecule has 0 spiro atoms. The number of fused-ring (bicyclic) bond motifs is 1. The van der Waals surface area contributed by atoms with Crippen LogP contribution < -0.4 is 5.69 Å². The van der Waals surface area contributed by atoms with Crippen LogP contribution in [0.15, 0.2) is 62.5 Å². The van der Waals surface area contributed by atoms with Crippen molar-refractivity contribution in [3.63, 3.8) is 0 Å². The minimum atomic E-state index is -0.247. The van der Waals surface area contributed by atoms with E-state index in [2.05, 4.69) is 31.2 Å². The second-order valence-electron chi connectivity index (χ2n) is 4.89. The molecule has 0 aliphatic carbocycles. The molecule has 23 heavy (non-hydrogen) atoms. The Kier molecular flexibility index (Phi) is 3.30. The molecule has 0 saturated carbocycles. The molecule has 1 aromatic carbocycles. The Morgan fingerprint density at radius 1 is 1.17 bits per heavy atom. The third-order valence-electron chi connectivity index (χ3n) is 3.32. The third-order valence-corrected chi connectivity index (χ3v) is 3.82. The Balaban J connectivity index is 1.67. The van der Waals surface area contributed by atoms with E-state index in [0.717, 1.165) is 10.0 Å². The Bertz CT molecular complexity index is 1050. The molecule has 114 valence electrons. The summed E-state index contributed by atoms with van der Waals surface area (Å²) in [6.45, 7) is 0.127. The van der Waals surface area contributed by atoms with Gasteiger partial charge in [-0.1, -0.05) is 39.3 Å². The van der Waals surface area contributed by atoms with Crippen LogP contribution in [-0.4, -0.2) is 24.3 Å². The number of hydrogen-bond acceptors (Lipinski definition) is 5. The fourth-order valence-corrected chi connectivity index (χ4v) is 2.66. The SMILES string of the molecule is O=c1n(Cc2nc(-c3cccc(Br)c3)no2)nc2ccccn12. The van der Waals surface area contributed by atoms with Crippen LogP contribution in [0.3, 0.4) is 0 Å². The Morgan fingerprint density at radius 3 is 2.91 bits per heavy atom. The summed E-state index contributed by atoms with van der Waals surface area (Å²) in [4.78, 5) is 16.5. The van der Waals surface area contributed by atoms with Gasteiger partial charge in [0.15, 0.2) is 5.65 Å². The maximum atomic E-state index is 12.2. The molecule has 3 heterocycles.